The van der Waals surface area contributed by atoms with Gasteiger partial charge in [-0.25, -0.2) is 0 Å². The number of quaternary nitrogens is 1. The average Bonchev–Trinajstić information content (AvgIpc) is 3.08. The minimum absolute atomic E-state index is 0.0266. The number of phosphoric acid groups is 1. The molecule has 0 aromatic rings. The van der Waals surface area contributed by atoms with Gasteiger partial charge in [-0.2, -0.15) is 0 Å². The van der Waals surface area contributed by atoms with Crippen molar-refractivity contribution in [1.29, 1.82) is 0 Å². The molecule has 0 saturated heterocycles. The summed E-state index contributed by atoms with van der Waals surface area (Å²) in [5, 5.41) is 23.7. The van der Waals surface area contributed by atoms with Gasteiger partial charge in [-0.3, -0.25) is 9.36 Å². The molecule has 0 saturated carbocycles. The predicted octanol–water partition coefficient (Wildman–Crippen LogP) is 8.80. The smallest absolute Gasteiger partial charge is 0.268 e. The molecule has 1 amide bonds. The van der Waals surface area contributed by atoms with Crippen LogP contribution in [0.2, 0.25) is 0 Å². The van der Waals surface area contributed by atoms with Crippen LogP contribution in [0.15, 0.2) is 72.9 Å². The van der Waals surface area contributed by atoms with E-state index >= 15 is 0 Å². The highest BCUT2D eigenvalue weighted by molar-refractivity contribution is 7.45. The van der Waals surface area contributed by atoms with Crippen LogP contribution in [0.25, 0.3) is 0 Å². The number of likely N-dealkylation sites (N-methyl/N-ethyl adjacent to an activating group) is 1. The summed E-state index contributed by atoms with van der Waals surface area (Å²) >= 11 is 0. The van der Waals surface area contributed by atoms with E-state index in [2.05, 4.69) is 37.4 Å². The van der Waals surface area contributed by atoms with Gasteiger partial charge in [0.15, 0.2) is 0 Å². The summed E-state index contributed by atoms with van der Waals surface area (Å²) in [7, 11) is 1.17. The Morgan fingerprint density at radius 3 is 2.04 bits per heavy atom. The molecule has 4 atom stereocenters. The predicted molar refractivity (Wildman–Crippen MR) is 216 cm³/mol. The number of unbranched alkanes of at least 4 members (excludes halogenated alkanes) is 11. The first-order chi connectivity index (χ1) is 24.9. The molecular formula is C42H75N2O7P. The topological polar surface area (TPSA) is 128 Å². The zero-order valence-corrected chi connectivity index (χ0v) is 34.2. The SMILES string of the molecule is CC/C=C\C/C=C\CC(O)/C=C/C=C\C/C=C\CCCC(=O)N[C@@H](COP(=O)([O-])OCC[N+](C)(C)C)[C@H](O)/C=C/CCCCCCCCCCCC. The Labute approximate surface area is 317 Å². The van der Waals surface area contributed by atoms with Crippen molar-refractivity contribution >= 4 is 13.7 Å². The Kier molecular flexibility index (Phi) is 32.1. The van der Waals surface area contributed by atoms with Crippen molar-refractivity contribution < 1.29 is 38.0 Å². The number of amides is 1. The van der Waals surface area contributed by atoms with Crippen LogP contribution < -0.4 is 10.2 Å². The number of allylic oxidation sites excluding steroid dienone is 9. The number of phosphoric ester groups is 1. The number of aliphatic hydroxyl groups excluding tert-OH is 2. The summed E-state index contributed by atoms with van der Waals surface area (Å²) in [5.74, 6) is -0.285. The molecule has 0 spiro atoms. The zero-order valence-electron chi connectivity index (χ0n) is 33.3. The Morgan fingerprint density at radius 2 is 1.37 bits per heavy atom. The highest BCUT2D eigenvalue weighted by Crippen LogP contribution is 2.38. The van der Waals surface area contributed by atoms with Gasteiger partial charge in [0.2, 0.25) is 5.91 Å². The Balaban J connectivity index is 4.70. The van der Waals surface area contributed by atoms with Crippen molar-refractivity contribution in [3.8, 4) is 0 Å². The minimum atomic E-state index is -4.62. The molecule has 0 aliphatic heterocycles. The maximum absolute atomic E-state index is 12.8. The van der Waals surface area contributed by atoms with Crippen LogP contribution in [0.1, 0.15) is 129 Å². The fraction of sp³-hybridized carbons (Fsp3) is 0.690. The first-order valence-corrected chi connectivity index (χ1v) is 21.4. The lowest BCUT2D eigenvalue weighted by Gasteiger charge is -2.29. The van der Waals surface area contributed by atoms with Crippen LogP contribution >= 0.6 is 7.82 Å². The second kappa shape index (κ2) is 33.5. The third-order valence-corrected chi connectivity index (χ3v) is 9.22. The van der Waals surface area contributed by atoms with Crippen LogP contribution in [0.5, 0.6) is 0 Å². The lowest BCUT2D eigenvalue weighted by Crippen LogP contribution is -2.45. The van der Waals surface area contributed by atoms with Gasteiger partial charge in [0, 0.05) is 6.42 Å². The molecule has 0 aromatic carbocycles. The van der Waals surface area contributed by atoms with E-state index in [1.807, 2.05) is 63.7 Å². The van der Waals surface area contributed by atoms with Gasteiger partial charge in [0.25, 0.3) is 7.82 Å². The fourth-order valence-electron chi connectivity index (χ4n) is 5.03. The van der Waals surface area contributed by atoms with E-state index in [0.29, 0.717) is 30.3 Å². The van der Waals surface area contributed by atoms with Gasteiger partial charge in [-0.1, -0.05) is 145 Å². The highest BCUT2D eigenvalue weighted by Gasteiger charge is 2.23. The van der Waals surface area contributed by atoms with Crippen LogP contribution in [0.4, 0.5) is 0 Å². The monoisotopic (exact) mass is 751 g/mol. The Bertz CT molecular complexity index is 1090. The second-order valence-corrected chi connectivity index (χ2v) is 15.9. The first-order valence-electron chi connectivity index (χ1n) is 19.9. The zero-order chi connectivity index (χ0) is 38.8. The van der Waals surface area contributed by atoms with E-state index in [0.717, 1.165) is 38.5 Å². The Morgan fingerprint density at radius 1 is 0.750 bits per heavy atom. The molecule has 0 radical (unpaired) electrons. The highest BCUT2D eigenvalue weighted by atomic mass is 31.2. The van der Waals surface area contributed by atoms with Crippen LogP contribution in [-0.2, 0) is 18.4 Å². The number of nitrogens with zero attached hydrogens (tertiary/aromatic N) is 1. The van der Waals surface area contributed by atoms with Crippen molar-refractivity contribution in [3.05, 3.63) is 72.9 Å². The van der Waals surface area contributed by atoms with E-state index in [4.69, 9.17) is 9.05 Å². The van der Waals surface area contributed by atoms with Gasteiger partial charge < -0.3 is 34.0 Å². The van der Waals surface area contributed by atoms with Gasteiger partial charge in [0.05, 0.1) is 46.0 Å². The van der Waals surface area contributed by atoms with Gasteiger partial charge in [-0.05, 0) is 51.4 Å². The molecule has 52 heavy (non-hydrogen) atoms. The molecule has 0 aromatic heterocycles. The summed E-state index contributed by atoms with van der Waals surface area (Å²) in [5.41, 5.74) is 0. The standard InChI is InChI=1S/C42H75N2O7P/c1-6-8-10-12-14-15-16-17-18-22-26-30-34-41(46)40(38-51-52(48,49)50-37-36-44(3,4)5)43-42(47)35-31-27-23-20-19-21-25-29-33-39(45)32-28-24-13-11-9-7-2/h9,11,20-21,23-25,28-30,33-34,39-41,45-46H,6-8,10,12-19,22,26-27,31-32,35-38H2,1-5H3,(H-,43,47,48,49)/b11-9-,23-20-,25-21-,28-24-,33-29+,34-30+/t39?,40-,41+/m0/s1. The number of aliphatic hydroxyl groups is 2. The third-order valence-electron chi connectivity index (χ3n) is 8.25. The number of carbonyl (C=O) groups is 1. The van der Waals surface area contributed by atoms with Gasteiger partial charge in [-0.15, -0.1) is 0 Å². The number of rotatable bonds is 34. The molecule has 0 fully saturated rings. The molecule has 0 aliphatic carbocycles. The van der Waals surface area contributed by atoms with Crippen molar-refractivity contribution in [2.24, 2.45) is 0 Å². The number of nitrogens with one attached hydrogen (secondary N) is 1. The van der Waals surface area contributed by atoms with E-state index in [1.165, 1.54) is 51.4 Å². The third kappa shape index (κ3) is 35.0. The summed E-state index contributed by atoms with van der Waals surface area (Å²) < 4.78 is 23.0. The van der Waals surface area contributed by atoms with Gasteiger partial charge >= 0.3 is 0 Å². The molecule has 300 valence electrons. The molecular weight excluding hydrogens is 675 g/mol. The average molecular weight is 751 g/mol. The van der Waals surface area contributed by atoms with E-state index in [9.17, 15) is 24.5 Å². The fourth-order valence-corrected chi connectivity index (χ4v) is 5.76. The number of hydrogen-bond donors (Lipinski definition) is 3. The Hall–Kier alpha value is -2.10. The second-order valence-electron chi connectivity index (χ2n) is 14.5. The van der Waals surface area contributed by atoms with Crippen molar-refractivity contribution in [2.45, 2.75) is 148 Å². The van der Waals surface area contributed by atoms with Crippen LogP contribution in [0.3, 0.4) is 0 Å². The lowest BCUT2D eigenvalue weighted by molar-refractivity contribution is -0.870. The molecule has 0 aliphatic rings. The summed E-state index contributed by atoms with van der Waals surface area (Å²) in [6.45, 7) is 4.36. The maximum atomic E-state index is 12.8. The summed E-state index contributed by atoms with van der Waals surface area (Å²) in [6, 6.07) is -0.938. The maximum Gasteiger partial charge on any atom is 0.268 e. The molecule has 0 bridgehead atoms. The van der Waals surface area contributed by atoms with Gasteiger partial charge in [0.1, 0.15) is 13.2 Å². The van der Waals surface area contributed by atoms with Crippen LogP contribution in [-0.4, -0.2) is 79.8 Å². The molecule has 10 heteroatoms. The molecule has 9 nitrogen and oxygen atoms in total. The first kappa shape index (κ1) is 49.9. The summed E-state index contributed by atoms with van der Waals surface area (Å²) in [6.07, 6.45) is 39.8. The molecule has 0 heterocycles. The van der Waals surface area contributed by atoms with E-state index < -0.39 is 32.7 Å². The lowest BCUT2D eigenvalue weighted by atomic mass is 10.1. The summed E-state index contributed by atoms with van der Waals surface area (Å²) in [4.78, 5) is 25.2. The normalized spacial score (nSPS) is 15.9. The van der Waals surface area contributed by atoms with E-state index in [-0.39, 0.29) is 18.9 Å². The largest absolute Gasteiger partial charge is 0.756 e. The van der Waals surface area contributed by atoms with Crippen molar-refractivity contribution in [1.82, 2.24) is 5.32 Å². The van der Waals surface area contributed by atoms with E-state index in [1.54, 1.807) is 12.2 Å². The molecule has 2 unspecified atom stereocenters. The van der Waals surface area contributed by atoms with Crippen LogP contribution in [0, 0.1) is 0 Å². The molecule has 3 N–H and O–H groups in total. The minimum Gasteiger partial charge on any atom is -0.756 e. The van der Waals surface area contributed by atoms with Crippen molar-refractivity contribution in [3.63, 3.8) is 0 Å². The molecule has 0 rings (SSSR count). The quantitative estimate of drug-likeness (QED) is 0.0197. The number of carbonyl (C=O) groups excluding carboxylic acids is 1. The number of hydrogen-bond acceptors (Lipinski definition) is 7. The van der Waals surface area contributed by atoms with Crippen molar-refractivity contribution in [2.75, 3.05) is 40.9 Å².